The molecule has 0 bridgehead atoms. The van der Waals surface area contributed by atoms with Gasteiger partial charge < -0.3 is 19.2 Å². The molecule has 0 saturated carbocycles. The number of ether oxygens (including phenoxy) is 2. The third kappa shape index (κ3) is 4.60. The highest BCUT2D eigenvalue weighted by molar-refractivity contribution is 5.93. The van der Waals surface area contributed by atoms with Crippen LogP contribution in [0.5, 0.6) is 11.5 Å². The largest absolute Gasteiger partial charge is 0.496 e. The van der Waals surface area contributed by atoms with Crippen LogP contribution in [0.15, 0.2) is 77.2 Å². The zero-order valence-corrected chi connectivity index (χ0v) is 16.6. The minimum atomic E-state index is -0.0736. The molecular weight excluding hydrogens is 380 g/mol. The van der Waals surface area contributed by atoms with Crippen LogP contribution in [0.25, 0.3) is 22.6 Å². The molecule has 1 heterocycles. The highest BCUT2D eigenvalue weighted by Crippen LogP contribution is 2.32. The van der Waals surface area contributed by atoms with E-state index in [1.165, 1.54) is 0 Å². The van der Waals surface area contributed by atoms with Crippen molar-refractivity contribution in [1.29, 1.82) is 0 Å². The molecule has 0 spiro atoms. The number of para-hydroxylation sites is 2. The zero-order chi connectivity index (χ0) is 20.8. The molecule has 6 heteroatoms. The van der Waals surface area contributed by atoms with Gasteiger partial charge in [-0.2, -0.15) is 0 Å². The Balaban J connectivity index is 1.37. The summed E-state index contributed by atoms with van der Waals surface area (Å²) in [5, 5.41) is 2.90. The first-order valence-corrected chi connectivity index (χ1v) is 9.74. The molecule has 0 unspecified atom stereocenters. The zero-order valence-electron chi connectivity index (χ0n) is 16.6. The van der Waals surface area contributed by atoms with E-state index in [2.05, 4.69) is 10.3 Å². The third-order valence-electron chi connectivity index (χ3n) is 4.57. The van der Waals surface area contributed by atoms with Gasteiger partial charge in [-0.05, 0) is 42.8 Å². The highest BCUT2D eigenvalue weighted by atomic mass is 16.5. The number of rotatable bonds is 8. The molecule has 152 valence electrons. The lowest BCUT2D eigenvalue weighted by Crippen LogP contribution is -2.12. The molecule has 0 aliphatic carbocycles. The van der Waals surface area contributed by atoms with Crippen LogP contribution >= 0.6 is 0 Å². The van der Waals surface area contributed by atoms with E-state index in [9.17, 15) is 4.79 Å². The first-order valence-electron chi connectivity index (χ1n) is 9.74. The van der Waals surface area contributed by atoms with Crippen molar-refractivity contribution in [2.75, 3.05) is 19.0 Å². The van der Waals surface area contributed by atoms with E-state index in [0.29, 0.717) is 47.9 Å². The van der Waals surface area contributed by atoms with Crippen molar-refractivity contribution in [1.82, 2.24) is 4.98 Å². The summed E-state index contributed by atoms with van der Waals surface area (Å²) >= 11 is 0. The van der Waals surface area contributed by atoms with Crippen LogP contribution in [0.4, 0.5) is 5.69 Å². The average molecular weight is 402 g/mol. The van der Waals surface area contributed by atoms with Crippen molar-refractivity contribution in [3.05, 3.63) is 72.8 Å². The quantitative estimate of drug-likeness (QED) is 0.405. The highest BCUT2D eigenvalue weighted by Gasteiger charge is 2.13. The SMILES string of the molecule is COc1ccccc1-c1nc2ccc(NC(=O)CCCOc3ccccc3)cc2o1. The molecule has 30 heavy (non-hydrogen) atoms. The number of oxazole rings is 1. The lowest BCUT2D eigenvalue weighted by molar-refractivity contribution is -0.116. The minimum Gasteiger partial charge on any atom is -0.496 e. The molecule has 0 aliphatic rings. The van der Waals surface area contributed by atoms with Crippen molar-refractivity contribution in [3.63, 3.8) is 0 Å². The van der Waals surface area contributed by atoms with E-state index in [4.69, 9.17) is 13.9 Å². The first-order chi connectivity index (χ1) is 14.7. The molecule has 4 rings (SSSR count). The van der Waals surface area contributed by atoms with E-state index in [1.54, 1.807) is 13.2 Å². The number of carbonyl (C=O) groups excluding carboxylic acids is 1. The number of nitrogens with one attached hydrogen (secondary N) is 1. The number of aromatic nitrogens is 1. The Kier molecular flexibility index (Phi) is 5.94. The minimum absolute atomic E-state index is 0.0736. The molecule has 0 saturated heterocycles. The van der Waals surface area contributed by atoms with E-state index in [1.807, 2.05) is 66.7 Å². The van der Waals surface area contributed by atoms with Gasteiger partial charge in [0.05, 0.1) is 19.3 Å². The van der Waals surface area contributed by atoms with Crippen molar-refractivity contribution < 1.29 is 18.7 Å². The summed E-state index contributed by atoms with van der Waals surface area (Å²) in [6.45, 7) is 0.487. The second-order valence-electron chi connectivity index (χ2n) is 6.72. The van der Waals surface area contributed by atoms with Gasteiger partial charge in [0.15, 0.2) is 5.58 Å². The summed E-state index contributed by atoms with van der Waals surface area (Å²) in [7, 11) is 1.61. The van der Waals surface area contributed by atoms with Gasteiger partial charge in [0.2, 0.25) is 11.8 Å². The van der Waals surface area contributed by atoms with Crippen molar-refractivity contribution >= 4 is 22.7 Å². The summed E-state index contributed by atoms with van der Waals surface area (Å²) in [6.07, 6.45) is 0.997. The van der Waals surface area contributed by atoms with Crippen LogP contribution in [0.2, 0.25) is 0 Å². The first kappa shape index (κ1) is 19.5. The monoisotopic (exact) mass is 402 g/mol. The maximum Gasteiger partial charge on any atom is 0.231 e. The van der Waals surface area contributed by atoms with Gasteiger partial charge in [-0.3, -0.25) is 4.79 Å². The Bertz CT molecular complexity index is 1140. The summed E-state index contributed by atoms with van der Waals surface area (Å²) < 4.78 is 16.9. The van der Waals surface area contributed by atoms with Crippen LogP contribution in [0.1, 0.15) is 12.8 Å². The number of hydrogen-bond acceptors (Lipinski definition) is 5. The fraction of sp³-hybridized carbons (Fsp3) is 0.167. The van der Waals surface area contributed by atoms with Crippen LogP contribution in [0, 0.1) is 0 Å². The molecule has 1 aromatic heterocycles. The summed E-state index contributed by atoms with van der Waals surface area (Å²) in [6, 6.07) is 22.5. The van der Waals surface area contributed by atoms with Crippen molar-refractivity contribution in [2.45, 2.75) is 12.8 Å². The Morgan fingerprint density at radius 1 is 1.03 bits per heavy atom. The van der Waals surface area contributed by atoms with Crippen molar-refractivity contribution in [2.24, 2.45) is 0 Å². The van der Waals surface area contributed by atoms with E-state index < -0.39 is 0 Å². The summed E-state index contributed by atoms with van der Waals surface area (Å²) in [4.78, 5) is 16.8. The number of methoxy groups -OCH3 is 1. The fourth-order valence-electron chi connectivity index (χ4n) is 3.10. The molecule has 0 aliphatic heterocycles. The molecule has 6 nitrogen and oxygen atoms in total. The van der Waals surface area contributed by atoms with Crippen LogP contribution in [-0.2, 0) is 4.79 Å². The van der Waals surface area contributed by atoms with Gasteiger partial charge in [-0.25, -0.2) is 4.98 Å². The van der Waals surface area contributed by atoms with E-state index in [-0.39, 0.29) is 5.91 Å². The van der Waals surface area contributed by atoms with Gasteiger partial charge in [0.1, 0.15) is 17.0 Å². The Hall–Kier alpha value is -3.80. The standard InChI is InChI=1S/C24H22N2O4/c1-28-21-11-6-5-10-19(21)24-26-20-14-13-17(16-22(20)30-24)25-23(27)12-7-15-29-18-8-3-2-4-9-18/h2-6,8-11,13-14,16H,7,12,15H2,1H3,(H,25,27). The normalized spacial score (nSPS) is 10.7. The number of benzene rings is 3. The smallest absolute Gasteiger partial charge is 0.231 e. The molecule has 4 aromatic rings. The summed E-state index contributed by atoms with van der Waals surface area (Å²) in [5.74, 6) is 1.90. The second-order valence-corrected chi connectivity index (χ2v) is 6.72. The predicted octanol–water partition coefficient (Wildman–Crippen LogP) is 5.30. The van der Waals surface area contributed by atoms with Crippen molar-refractivity contribution in [3.8, 4) is 23.0 Å². The summed E-state index contributed by atoms with van der Waals surface area (Å²) in [5.41, 5.74) is 2.76. The maximum atomic E-state index is 12.2. The molecule has 1 N–H and O–H groups in total. The lowest BCUT2D eigenvalue weighted by Gasteiger charge is -2.07. The van der Waals surface area contributed by atoms with E-state index in [0.717, 1.165) is 11.3 Å². The fourth-order valence-corrected chi connectivity index (χ4v) is 3.10. The van der Waals surface area contributed by atoms with Crippen LogP contribution < -0.4 is 14.8 Å². The van der Waals surface area contributed by atoms with Crippen LogP contribution in [0.3, 0.4) is 0 Å². The lowest BCUT2D eigenvalue weighted by atomic mass is 10.2. The second kappa shape index (κ2) is 9.13. The van der Waals surface area contributed by atoms with E-state index >= 15 is 0 Å². The number of nitrogens with zero attached hydrogens (tertiary/aromatic N) is 1. The molecular formula is C24H22N2O4. The third-order valence-corrected chi connectivity index (χ3v) is 4.57. The number of amides is 1. The molecule has 0 fully saturated rings. The van der Waals surface area contributed by atoms with Gasteiger partial charge >= 0.3 is 0 Å². The van der Waals surface area contributed by atoms with Gasteiger partial charge in [0.25, 0.3) is 0 Å². The molecule has 3 aromatic carbocycles. The topological polar surface area (TPSA) is 73.6 Å². The van der Waals surface area contributed by atoms with Crippen LogP contribution in [-0.4, -0.2) is 24.6 Å². The molecule has 0 atom stereocenters. The number of fused-ring (bicyclic) bond motifs is 1. The molecule has 0 radical (unpaired) electrons. The maximum absolute atomic E-state index is 12.2. The van der Waals surface area contributed by atoms with Gasteiger partial charge in [-0.15, -0.1) is 0 Å². The Morgan fingerprint density at radius 2 is 1.83 bits per heavy atom. The van der Waals surface area contributed by atoms with Gasteiger partial charge in [-0.1, -0.05) is 30.3 Å². The Labute approximate surface area is 174 Å². The Morgan fingerprint density at radius 3 is 2.67 bits per heavy atom. The number of hydrogen-bond donors (Lipinski definition) is 1. The number of carbonyl (C=O) groups is 1. The number of anilines is 1. The van der Waals surface area contributed by atoms with Gasteiger partial charge in [0, 0.05) is 18.2 Å². The predicted molar refractivity (Wildman–Crippen MR) is 116 cm³/mol. The molecule has 1 amide bonds. The average Bonchev–Trinajstić information content (AvgIpc) is 3.20.